The second-order valence-electron chi connectivity index (χ2n) is 6.06. The van der Waals surface area contributed by atoms with Crippen molar-refractivity contribution in [3.63, 3.8) is 0 Å². The summed E-state index contributed by atoms with van der Waals surface area (Å²) in [6, 6.07) is 15.2. The number of urea groups is 1. The normalized spacial score (nSPS) is 19.6. The van der Waals surface area contributed by atoms with E-state index in [1.54, 1.807) is 19.1 Å². The Hall–Kier alpha value is -2.73. The number of methoxy groups -OCH3 is 2. The minimum Gasteiger partial charge on any atom is -0.497 e. The zero-order valence-corrected chi connectivity index (χ0v) is 14.5. The number of hydrogen-bond acceptors (Lipinski definition) is 4. The molecule has 0 aromatic heterocycles. The zero-order chi connectivity index (χ0) is 17.9. The van der Waals surface area contributed by atoms with E-state index in [4.69, 9.17) is 15.2 Å². The Morgan fingerprint density at radius 3 is 2.16 bits per heavy atom. The smallest absolute Gasteiger partial charge is 0.319 e. The van der Waals surface area contributed by atoms with Crippen molar-refractivity contribution in [1.82, 2.24) is 10.2 Å². The molecule has 3 rings (SSSR count). The predicted octanol–water partition coefficient (Wildman–Crippen LogP) is 2.08. The van der Waals surface area contributed by atoms with Gasteiger partial charge in [-0.15, -0.1) is 0 Å². The number of carbonyl (C=O) groups is 1. The van der Waals surface area contributed by atoms with Gasteiger partial charge in [0.05, 0.1) is 20.8 Å². The van der Waals surface area contributed by atoms with Crippen LogP contribution in [0.3, 0.4) is 0 Å². The lowest BCUT2D eigenvalue weighted by Gasteiger charge is -2.34. The number of nitrogens with zero attached hydrogens (tertiary/aromatic N) is 1. The molecule has 0 aliphatic carbocycles. The third-order valence-corrected chi connectivity index (χ3v) is 4.61. The van der Waals surface area contributed by atoms with Crippen molar-refractivity contribution in [2.75, 3.05) is 27.3 Å². The van der Waals surface area contributed by atoms with E-state index in [9.17, 15) is 4.79 Å². The largest absolute Gasteiger partial charge is 0.497 e. The minimum atomic E-state index is -0.865. The first kappa shape index (κ1) is 17.1. The van der Waals surface area contributed by atoms with Crippen LogP contribution in [0.5, 0.6) is 11.5 Å². The van der Waals surface area contributed by atoms with E-state index < -0.39 is 5.66 Å². The molecule has 1 fully saturated rings. The van der Waals surface area contributed by atoms with Gasteiger partial charge in [-0.3, -0.25) is 0 Å². The molecule has 2 amide bonds. The molecule has 132 valence electrons. The van der Waals surface area contributed by atoms with E-state index in [1.807, 2.05) is 48.5 Å². The number of amides is 2. The average molecular weight is 341 g/mol. The van der Waals surface area contributed by atoms with E-state index in [-0.39, 0.29) is 6.03 Å². The van der Waals surface area contributed by atoms with Crippen molar-refractivity contribution in [2.45, 2.75) is 12.1 Å². The lowest BCUT2D eigenvalue weighted by molar-refractivity contribution is 0.160. The number of carbonyl (C=O) groups excluding carboxylic acids is 1. The first-order chi connectivity index (χ1) is 12.1. The van der Waals surface area contributed by atoms with Gasteiger partial charge in [0.15, 0.2) is 0 Å². The number of hydrogen-bond donors (Lipinski definition) is 2. The van der Waals surface area contributed by atoms with Gasteiger partial charge < -0.3 is 25.4 Å². The van der Waals surface area contributed by atoms with Crippen LogP contribution in [0.2, 0.25) is 0 Å². The highest BCUT2D eigenvalue weighted by Crippen LogP contribution is 2.28. The maximum atomic E-state index is 12.3. The average Bonchev–Trinajstić information content (AvgIpc) is 2.96. The van der Waals surface area contributed by atoms with Crippen molar-refractivity contribution in [3.8, 4) is 11.5 Å². The highest BCUT2D eigenvalue weighted by molar-refractivity contribution is 5.78. The first-order valence-corrected chi connectivity index (χ1v) is 8.18. The quantitative estimate of drug-likeness (QED) is 0.843. The number of benzene rings is 2. The van der Waals surface area contributed by atoms with Crippen LogP contribution in [-0.2, 0) is 12.1 Å². The maximum Gasteiger partial charge on any atom is 0.319 e. The van der Waals surface area contributed by atoms with Crippen molar-refractivity contribution >= 4 is 6.03 Å². The fourth-order valence-corrected chi connectivity index (χ4v) is 3.05. The fourth-order valence-electron chi connectivity index (χ4n) is 3.05. The molecule has 1 aliphatic rings. The molecule has 1 unspecified atom stereocenters. The SMILES string of the molecule is COc1ccc(CCN2C(=O)NCC2(N)c2ccc(OC)cc2)cc1. The molecule has 0 bridgehead atoms. The van der Waals surface area contributed by atoms with Gasteiger partial charge >= 0.3 is 6.03 Å². The van der Waals surface area contributed by atoms with Crippen LogP contribution in [0.4, 0.5) is 4.79 Å². The second-order valence-corrected chi connectivity index (χ2v) is 6.06. The van der Waals surface area contributed by atoms with E-state index >= 15 is 0 Å². The van der Waals surface area contributed by atoms with E-state index in [2.05, 4.69) is 5.32 Å². The summed E-state index contributed by atoms with van der Waals surface area (Å²) in [5.74, 6) is 1.57. The summed E-state index contributed by atoms with van der Waals surface area (Å²) in [6.45, 7) is 0.904. The van der Waals surface area contributed by atoms with Gasteiger partial charge in [0.1, 0.15) is 17.2 Å². The van der Waals surface area contributed by atoms with Crippen molar-refractivity contribution in [2.24, 2.45) is 5.73 Å². The van der Waals surface area contributed by atoms with Gasteiger partial charge in [-0.25, -0.2) is 4.79 Å². The summed E-state index contributed by atoms with van der Waals surface area (Å²) in [5.41, 5.74) is 7.73. The molecule has 1 saturated heterocycles. The standard InChI is InChI=1S/C19H23N3O3/c1-24-16-7-3-14(4-8-16)11-12-22-18(23)21-13-19(22,20)15-5-9-17(25-2)10-6-15/h3-10H,11-13,20H2,1-2H3,(H,21,23). The number of nitrogens with one attached hydrogen (secondary N) is 1. The van der Waals surface area contributed by atoms with Crippen LogP contribution in [0.25, 0.3) is 0 Å². The summed E-state index contributed by atoms with van der Waals surface area (Å²) in [6.07, 6.45) is 0.715. The lowest BCUT2D eigenvalue weighted by Crippen LogP contribution is -2.52. The maximum absolute atomic E-state index is 12.3. The van der Waals surface area contributed by atoms with Crippen LogP contribution in [0, 0.1) is 0 Å². The number of rotatable bonds is 6. The first-order valence-electron chi connectivity index (χ1n) is 8.18. The van der Waals surface area contributed by atoms with E-state index in [0.29, 0.717) is 19.5 Å². The van der Waals surface area contributed by atoms with Crippen LogP contribution >= 0.6 is 0 Å². The topological polar surface area (TPSA) is 76.8 Å². The minimum absolute atomic E-state index is 0.146. The lowest BCUT2D eigenvalue weighted by atomic mass is 9.99. The van der Waals surface area contributed by atoms with Crippen LogP contribution in [0.1, 0.15) is 11.1 Å². The van der Waals surface area contributed by atoms with E-state index in [0.717, 1.165) is 22.6 Å². The summed E-state index contributed by atoms with van der Waals surface area (Å²) in [7, 11) is 3.26. The Labute approximate surface area is 147 Å². The summed E-state index contributed by atoms with van der Waals surface area (Å²) in [5, 5.41) is 2.85. The van der Waals surface area contributed by atoms with Crippen LogP contribution < -0.4 is 20.5 Å². The molecule has 6 nitrogen and oxygen atoms in total. The van der Waals surface area contributed by atoms with Crippen molar-refractivity contribution in [1.29, 1.82) is 0 Å². The molecule has 1 atom stereocenters. The second kappa shape index (κ2) is 7.03. The molecule has 25 heavy (non-hydrogen) atoms. The molecular formula is C19H23N3O3. The van der Waals surface area contributed by atoms with E-state index in [1.165, 1.54) is 0 Å². The summed E-state index contributed by atoms with van der Waals surface area (Å²) < 4.78 is 10.4. The zero-order valence-electron chi connectivity index (χ0n) is 14.5. The Morgan fingerprint density at radius 2 is 1.60 bits per heavy atom. The highest BCUT2D eigenvalue weighted by Gasteiger charge is 2.43. The third kappa shape index (κ3) is 3.39. The van der Waals surface area contributed by atoms with Gasteiger partial charge in [0, 0.05) is 6.54 Å². The Bertz CT molecular complexity index is 731. The molecule has 3 N–H and O–H groups in total. The Balaban J connectivity index is 1.75. The third-order valence-electron chi connectivity index (χ3n) is 4.61. The molecule has 6 heteroatoms. The van der Waals surface area contributed by atoms with Gasteiger partial charge in [-0.1, -0.05) is 24.3 Å². The summed E-state index contributed by atoms with van der Waals surface area (Å²) >= 11 is 0. The van der Waals surface area contributed by atoms with Gasteiger partial charge in [-0.2, -0.15) is 0 Å². The molecule has 2 aromatic rings. The molecule has 2 aromatic carbocycles. The number of ether oxygens (including phenoxy) is 2. The Morgan fingerprint density at radius 1 is 1.04 bits per heavy atom. The molecule has 0 radical (unpaired) electrons. The van der Waals surface area contributed by atoms with Crippen LogP contribution in [0.15, 0.2) is 48.5 Å². The monoisotopic (exact) mass is 341 g/mol. The summed E-state index contributed by atoms with van der Waals surface area (Å²) in [4.78, 5) is 14.0. The highest BCUT2D eigenvalue weighted by atomic mass is 16.5. The molecule has 0 saturated carbocycles. The molecular weight excluding hydrogens is 318 g/mol. The predicted molar refractivity (Wildman–Crippen MR) is 95.7 cm³/mol. The molecule has 0 spiro atoms. The van der Waals surface area contributed by atoms with Gasteiger partial charge in [0.25, 0.3) is 0 Å². The van der Waals surface area contributed by atoms with Crippen molar-refractivity contribution < 1.29 is 14.3 Å². The molecule has 1 heterocycles. The van der Waals surface area contributed by atoms with Gasteiger partial charge in [-0.05, 0) is 41.8 Å². The van der Waals surface area contributed by atoms with Gasteiger partial charge in [0.2, 0.25) is 0 Å². The van der Waals surface area contributed by atoms with Crippen LogP contribution in [-0.4, -0.2) is 38.2 Å². The Kier molecular flexibility index (Phi) is 4.81. The van der Waals surface area contributed by atoms with Crippen molar-refractivity contribution in [3.05, 3.63) is 59.7 Å². The molecule has 1 aliphatic heterocycles. The fraction of sp³-hybridized carbons (Fsp3) is 0.316. The number of nitrogens with two attached hydrogens (primary N) is 1.